The smallest absolute Gasteiger partial charge is 0.320 e. The Labute approximate surface area is 80.6 Å². The third-order valence-electron chi connectivity index (χ3n) is 1.40. The van der Waals surface area contributed by atoms with Gasteiger partial charge in [0, 0.05) is 5.02 Å². The lowest BCUT2D eigenvalue weighted by Gasteiger charge is -2.04. The summed E-state index contributed by atoms with van der Waals surface area (Å²) in [6, 6.07) is 6.65. The van der Waals surface area contributed by atoms with Gasteiger partial charge >= 0.3 is 5.97 Å². The summed E-state index contributed by atoms with van der Waals surface area (Å²) >= 11 is 9.57. The van der Waals surface area contributed by atoms with Gasteiger partial charge in [-0.25, -0.2) is 0 Å². The summed E-state index contributed by atoms with van der Waals surface area (Å²) in [4.78, 5) is 10.5. The number of hydrogen-bond acceptors (Lipinski definition) is 2. The molecular formula is C8H7ClO2S. The van der Waals surface area contributed by atoms with Crippen molar-refractivity contribution in [2.75, 3.05) is 0 Å². The van der Waals surface area contributed by atoms with Gasteiger partial charge in [0.15, 0.2) is 0 Å². The van der Waals surface area contributed by atoms with Crippen molar-refractivity contribution in [2.45, 2.75) is 5.25 Å². The van der Waals surface area contributed by atoms with Crippen molar-refractivity contribution in [1.82, 2.24) is 0 Å². The predicted molar refractivity (Wildman–Crippen MR) is 50.8 cm³/mol. The van der Waals surface area contributed by atoms with Crippen molar-refractivity contribution in [3.8, 4) is 0 Å². The lowest BCUT2D eigenvalue weighted by Crippen LogP contribution is -2.04. The van der Waals surface area contributed by atoms with E-state index in [9.17, 15) is 4.79 Å². The predicted octanol–water partition coefficient (Wildman–Crippen LogP) is 2.40. The minimum absolute atomic E-state index is 0.521. The van der Waals surface area contributed by atoms with Crippen LogP contribution in [0.4, 0.5) is 0 Å². The average Bonchev–Trinajstić information content (AvgIpc) is 2.03. The Morgan fingerprint density at radius 2 is 2.25 bits per heavy atom. The molecule has 0 saturated carbocycles. The third kappa shape index (κ3) is 2.16. The standard InChI is InChI=1S/C8H7ClO2S/c9-6-3-1-2-5(4-6)7(12)8(10)11/h1-4,7,12H,(H,10,11). The average molecular weight is 203 g/mol. The van der Waals surface area contributed by atoms with E-state index in [-0.39, 0.29) is 0 Å². The number of benzene rings is 1. The van der Waals surface area contributed by atoms with E-state index in [4.69, 9.17) is 16.7 Å². The SMILES string of the molecule is O=C(O)C(S)c1cccc(Cl)c1. The normalized spacial score (nSPS) is 12.5. The molecule has 0 bridgehead atoms. The summed E-state index contributed by atoms with van der Waals surface area (Å²) in [6.07, 6.45) is 0. The highest BCUT2D eigenvalue weighted by molar-refractivity contribution is 7.81. The molecule has 2 nitrogen and oxygen atoms in total. The molecular weight excluding hydrogens is 196 g/mol. The second-order valence-corrected chi connectivity index (χ2v) is 3.25. The van der Waals surface area contributed by atoms with E-state index in [1.165, 1.54) is 0 Å². The maximum atomic E-state index is 10.5. The number of carboxylic acids is 1. The highest BCUT2D eigenvalue weighted by Gasteiger charge is 2.13. The largest absolute Gasteiger partial charge is 0.480 e. The fourth-order valence-electron chi connectivity index (χ4n) is 0.819. The van der Waals surface area contributed by atoms with Crippen LogP contribution in [0.3, 0.4) is 0 Å². The van der Waals surface area contributed by atoms with Crippen molar-refractivity contribution in [1.29, 1.82) is 0 Å². The molecule has 1 unspecified atom stereocenters. The van der Waals surface area contributed by atoms with E-state index >= 15 is 0 Å². The van der Waals surface area contributed by atoms with Gasteiger partial charge in [-0.05, 0) is 17.7 Å². The van der Waals surface area contributed by atoms with Gasteiger partial charge in [0.25, 0.3) is 0 Å². The first-order valence-corrected chi connectivity index (χ1v) is 4.17. The Bertz CT molecular complexity index is 301. The van der Waals surface area contributed by atoms with Crippen LogP contribution in [0, 0.1) is 0 Å². The zero-order valence-corrected chi connectivity index (χ0v) is 7.72. The number of hydrogen-bond donors (Lipinski definition) is 2. The van der Waals surface area contributed by atoms with Crippen LogP contribution in [0.2, 0.25) is 5.02 Å². The van der Waals surface area contributed by atoms with E-state index in [0.717, 1.165) is 0 Å². The van der Waals surface area contributed by atoms with Gasteiger partial charge < -0.3 is 5.11 Å². The number of aliphatic carboxylic acids is 1. The Hall–Kier alpha value is -0.670. The molecule has 1 aromatic rings. The second kappa shape index (κ2) is 3.83. The third-order valence-corrected chi connectivity index (χ3v) is 2.15. The monoisotopic (exact) mass is 202 g/mol. The number of carbonyl (C=O) groups is 1. The highest BCUT2D eigenvalue weighted by atomic mass is 35.5. The van der Waals surface area contributed by atoms with Gasteiger partial charge in [-0.15, -0.1) is 0 Å². The molecule has 1 aromatic carbocycles. The van der Waals surface area contributed by atoms with Gasteiger partial charge in [-0.2, -0.15) is 12.6 Å². The molecule has 0 spiro atoms. The molecule has 0 aliphatic rings. The van der Waals surface area contributed by atoms with Gasteiger partial charge in [0.1, 0.15) is 5.25 Å². The molecule has 0 fully saturated rings. The molecule has 0 saturated heterocycles. The van der Waals surface area contributed by atoms with Gasteiger partial charge in [0.05, 0.1) is 0 Å². The van der Waals surface area contributed by atoms with Crippen LogP contribution in [-0.4, -0.2) is 11.1 Å². The van der Waals surface area contributed by atoms with Crippen LogP contribution in [-0.2, 0) is 4.79 Å². The van der Waals surface area contributed by atoms with Gasteiger partial charge in [0.2, 0.25) is 0 Å². The maximum absolute atomic E-state index is 10.5. The summed E-state index contributed by atoms with van der Waals surface area (Å²) < 4.78 is 0. The van der Waals surface area contributed by atoms with Crippen LogP contribution >= 0.6 is 24.2 Å². The fourth-order valence-corrected chi connectivity index (χ4v) is 1.18. The molecule has 64 valence electrons. The minimum atomic E-state index is -0.972. The fraction of sp³-hybridized carbons (Fsp3) is 0.125. The summed E-state index contributed by atoms with van der Waals surface area (Å²) in [5, 5.41) is 8.33. The molecule has 4 heteroatoms. The summed E-state index contributed by atoms with van der Waals surface area (Å²) in [6.45, 7) is 0. The number of halogens is 1. The Morgan fingerprint density at radius 3 is 2.75 bits per heavy atom. The van der Waals surface area contributed by atoms with Crippen LogP contribution < -0.4 is 0 Å². The molecule has 0 amide bonds. The first-order chi connectivity index (χ1) is 5.61. The van der Waals surface area contributed by atoms with E-state index in [2.05, 4.69) is 12.6 Å². The highest BCUT2D eigenvalue weighted by Crippen LogP contribution is 2.22. The number of rotatable bonds is 2. The van der Waals surface area contributed by atoms with Gasteiger partial charge in [-0.1, -0.05) is 23.7 Å². The Balaban J connectivity index is 2.95. The van der Waals surface area contributed by atoms with Crippen molar-refractivity contribution in [3.63, 3.8) is 0 Å². The van der Waals surface area contributed by atoms with E-state index < -0.39 is 11.2 Å². The van der Waals surface area contributed by atoms with E-state index in [1.54, 1.807) is 24.3 Å². The van der Waals surface area contributed by atoms with Crippen LogP contribution in [0.25, 0.3) is 0 Å². The number of thiol groups is 1. The zero-order valence-electron chi connectivity index (χ0n) is 6.07. The summed E-state index contributed by atoms with van der Waals surface area (Å²) in [5.41, 5.74) is 0.596. The molecule has 0 aliphatic carbocycles. The Kier molecular flexibility index (Phi) is 3.00. The molecule has 12 heavy (non-hydrogen) atoms. The maximum Gasteiger partial charge on any atom is 0.320 e. The summed E-state index contributed by atoms with van der Waals surface area (Å²) in [5.74, 6) is -0.972. The molecule has 0 aromatic heterocycles. The molecule has 1 atom stereocenters. The van der Waals surface area contributed by atoms with E-state index in [1.807, 2.05) is 0 Å². The van der Waals surface area contributed by atoms with Crippen LogP contribution in [0.5, 0.6) is 0 Å². The second-order valence-electron chi connectivity index (χ2n) is 2.30. The molecule has 0 radical (unpaired) electrons. The summed E-state index contributed by atoms with van der Waals surface area (Å²) in [7, 11) is 0. The minimum Gasteiger partial charge on any atom is -0.480 e. The quantitative estimate of drug-likeness (QED) is 0.723. The first-order valence-electron chi connectivity index (χ1n) is 3.27. The van der Waals surface area contributed by atoms with Gasteiger partial charge in [-0.3, -0.25) is 4.79 Å². The van der Waals surface area contributed by atoms with Crippen molar-refractivity contribution in [2.24, 2.45) is 0 Å². The lowest BCUT2D eigenvalue weighted by atomic mass is 10.1. The molecule has 0 heterocycles. The molecule has 1 N–H and O–H groups in total. The number of carboxylic acid groups (broad SMARTS) is 1. The Morgan fingerprint density at radius 1 is 1.58 bits per heavy atom. The zero-order chi connectivity index (χ0) is 9.14. The van der Waals surface area contributed by atoms with Crippen LogP contribution in [0.15, 0.2) is 24.3 Å². The van der Waals surface area contributed by atoms with Crippen molar-refractivity contribution in [3.05, 3.63) is 34.9 Å². The van der Waals surface area contributed by atoms with Crippen LogP contribution in [0.1, 0.15) is 10.8 Å². The van der Waals surface area contributed by atoms with Crippen molar-refractivity contribution < 1.29 is 9.90 Å². The van der Waals surface area contributed by atoms with E-state index in [0.29, 0.717) is 10.6 Å². The molecule has 1 rings (SSSR count). The lowest BCUT2D eigenvalue weighted by molar-refractivity contribution is -0.136. The first kappa shape index (κ1) is 9.42. The molecule has 0 aliphatic heterocycles. The van der Waals surface area contributed by atoms with Crippen molar-refractivity contribution >= 4 is 30.2 Å². The topological polar surface area (TPSA) is 37.3 Å².